The molecule has 0 aliphatic carbocycles. The Labute approximate surface area is 107 Å². The van der Waals surface area contributed by atoms with Crippen molar-refractivity contribution in [2.24, 2.45) is 0 Å². The summed E-state index contributed by atoms with van der Waals surface area (Å²) in [6.07, 6.45) is -0.0248. The first kappa shape index (κ1) is 12.9. The lowest BCUT2D eigenvalue weighted by molar-refractivity contribution is 0.0764. The van der Waals surface area contributed by atoms with Crippen molar-refractivity contribution in [3.05, 3.63) is 29.8 Å². The van der Waals surface area contributed by atoms with Gasteiger partial charge in [-0.2, -0.15) is 5.26 Å². The van der Waals surface area contributed by atoms with Crippen LogP contribution >= 0.6 is 0 Å². The standard InChI is InChI=1S/C14H18N2O2/c1-2-14(17)11-3-5-12(6-4-11)16-7-8-18-13(9-15)10-16/h3-6,13-14,17H,2,7-8,10H2,1H3/t13?,14-/m0/s1. The third kappa shape index (κ3) is 2.81. The highest BCUT2D eigenvalue weighted by Crippen LogP contribution is 2.22. The van der Waals surface area contributed by atoms with Crippen molar-refractivity contribution in [2.75, 3.05) is 24.6 Å². The van der Waals surface area contributed by atoms with Crippen LogP contribution in [0.2, 0.25) is 0 Å². The van der Waals surface area contributed by atoms with Gasteiger partial charge in [-0.25, -0.2) is 0 Å². The first-order chi connectivity index (χ1) is 8.74. The number of ether oxygens (including phenoxy) is 1. The Morgan fingerprint density at radius 2 is 2.22 bits per heavy atom. The Kier molecular flexibility index (Phi) is 4.19. The van der Waals surface area contributed by atoms with Gasteiger partial charge in [0.05, 0.1) is 25.3 Å². The Morgan fingerprint density at radius 3 is 2.83 bits per heavy atom. The third-order valence-corrected chi connectivity index (χ3v) is 3.24. The van der Waals surface area contributed by atoms with Gasteiger partial charge in [0, 0.05) is 12.2 Å². The van der Waals surface area contributed by atoms with Crippen molar-refractivity contribution >= 4 is 5.69 Å². The normalized spacial score (nSPS) is 21.4. The number of morpholine rings is 1. The highest BCUT2D eigenvalue weighted by atomic mass is 16.5. The van der Waals surface area contributed by atoms with Gasteiger partial charge in [0.15, 0.2) is 6.10 Å². The van der Waals surface area contributed by atoms with Crippen LogP contribution in [0.25, 0.3) is 0 Å². The molecule has 0 amide bonds. The smallest absolute Gasteiger partial charge is 0.161 e. The molecule has 1 aliphatic rings. The van der Waals surface area contributed by atoms with Crippen LogP contribution < -0.4 is 4.90 Å². The molecule has 1 aliphatic heterocycles. The van der Waals surface area contributed by atoms with Crippen molar-refractivity contribution in [3.8, 4) is 6.07 Å². The van der Waals surface area contributed by atoms with Crippen molar-refractivity contribution in [1.82, 2.24) is 0 Å². The maximum absolute atomic E-state index is 9.73. The molecule has 1 heterocycles. The fraction of sp³-hybridized carbons (Fsp3) is 0.500. The van der Waals surface area contributed by atoms with Crippen molar-refractivity contribution in [2.45, 2.75) is 25.6 Å². The van der Waals surface area contributed by atoms with E-state index >= 15 is 0 Å². The second-order valence-corrected chi connectivity index (χ2v) is 4.45. The van der Waals surface area contributed by atoms with Gasteiger partial charge in [-0.15, -0.1) is 0 Å². The number of aliphatic hydroxyl groups is 1. The maximum atomic E-state index is 9.73. The summed E-state index contributed by atoms with van der Waals surface area (Å²) < 4.78 is 5.32. The molecule has 2 rings (SSSR count). The molecule has 0 bridgehead atoms. The van der Waals surface area contributed by atoms with Gasteiger partial charge < -0.3 is 14.7 Å². The molecule has 4 heteroatoms. The van der Waals surface area contributed by atoms with Gasteiger partial charge >= 0.3 is 0 Å². The zero-order valence-electron chi connectivity index (χ0n) is 10.5. The summed E-state index contributed by atoms with van der Waals surface area (Å²) in [5.74, 6) is 0. The highest BCUT2D eigenvalue weighted by Gasteiger charge is 2.20. The van der Waals surface area contributed by atoms with E-state index in [1.807, 2.05) is 31.2 Å². The lowest BCUT2D eigenvalue weighted by Crippen LogP contribution is -2.41. The summed E-state index contributed by atoms with van der Waals surface area (Å²) in [4.78, 5) is 2.14. The number of anilines is 1. The number of hydrogen-bond acceptors (Lipinski definition) is 4. The highest BCUT2D eigenvalue weighted by molar-refractivity contribution is 5.48. The summed E-state index contributed by atoms with van der Waals surface area (Å²) in [7, 11) is 0. The summed E-state index contributed by atoms with van der Waals surface area (Å²) in [5.41, 5.74) is 2.01. The van der Waals surface area contributed by atoms with E-state index in [0.717, 1.165) is 17.8 Å². The number of aliphatic hydroxyl groups excluding tert-OH is 1. The van der Waals surface area contributed by atoms with E-state index in [0.29, 0.717) is 19.6 Å². The van der Waals surface area contributed by atoms with Gasteiger partial charge in [-0.1, -0.05) is 19.1 Å². The molecule has 1 aromatic rings. The maximum Gasteiger partial charge on any atom is 0.161 e. The van der Waals surface area contributed by atoms with E-state index in [-0.39, 0.29) is 6.10 Å². The Hall–Kier alpha value is -1.57. The number of nitriles is 1. The van der Waals surface area contributed by atoms with Crippen molar-refractivity contribution in [3.63, 3.8) is 0 Å². The SMILES string of the molecule is CC[C@H](O)c1ccc(N2CCOC(C#N)C2)cc1. The first-order valence-corrected chi connectivity index (χ1v) is 6.28. The second kappa shape index (κ2) is 5.85. The van der Waals surface area contributed by atoms with Gasteiger partial charge in [0.2, 0.25) is 0 Å². The third-order valence-electron chi connectivity index (χ3n) is 3.24. The van der Waals surface area contributed by atoms with E-state index in [4.69, 9.17) is 10.00 Å². The van der Waals surface area contributed by atoms with Crippen LogP contribution in [-0.4, -0.2) is 30.9 Å². The minimum Gasteiger partial charge on any atom is -0.388 e. The average molecular weight is 246 g/mol. The second-order valence-electron chi connectivity index (χ2n) is 4.45. The van der Waals surface area contributed by atoms with E-state index < -0.39 is 6.10 Å². The van der Waals surface area contributed by atoms with Gasteiger partial charge in [0.25, 0.3) is 0 Å². The number of nitrogens with zero attached hydrogens (tertiary/aromatic N) is 2. The molecule has 1 aromatic carbocycles. The van der Waals surface area contributed by atoms with Crippen LogP contribution in [0, 0.1) is 11.3 Å². The predicted octanol–water partition coefficient (Wildman–Crippen LogP) is 1.86. The summed E-state index contributed by atoms with van der Waals surface area (Å²) >= 11 is 0. The fourth-order valence-electron chi connectivity index (χ4n) is 2.10. The largest absolute Gasteiger partial charge is 0.388 e. The molecule has 1 N–H and O–H groups in total. The minimum atomic E-state index is -0.393. The lowest BCUT2D eigenvalue weighted by Gasteiger charge is -2.31. The topological polar surface area (TPSA) is 56.5 Å². The monoisotopic (exact) mass is 246 g/mol. The van der Waals surface area contributed by atoms with E-state index in [1.165, 1.54) is 0 Å². The number of hydrogen-bond donors (Lipinski definition) is 1. The zero-order chi connectivity index (χ0) is 13.0. The Balaban J connectivity index is 2.07. The van der Waals surface area contributed by atoms with Crippen LogP contribution in [0.15, 0.2) is 24.3 Å². The predicted molar refractivity (Wildman–Crippen MR) is 69.3 cm³/mol. The van der Waals surface area contributed by atoms with Crippen LogP contribution in [0.4, 0.5) is 5.69 Å². The molecule has 2 atom stereocenters. The Morgan fingerprint density at radius 1 is 1.50 bits per heavy atom. The van der Waals surface area contributed by atoms with Crippen LogP contribution in [0.1, 0.15) is 25.0 Å². The molecule has 0 aromatic heterocycles. The minimum absolute atomic E-state index is 0.348. The van der Waals surface area contributed by atoms with Crippen molar-refractivity contribution in [1.29, 1.82) is 5.26 Å². The van der Waals surface area contributed by atoms with Crippen LogP contribution in [-0.2, 0) is 4.74 Å². The summed E-state index contributed by atoms with van der Waals surface area (Å²) in [5, 5.41) is 18.6. The van der Waals surface area contributed by atoms with E-state index in [2.05, 4.69) is 11.0 Å². The van der Waals surface area contributed by atoms with Crippen molar-refractivity contribution < 1.29 is 9.84 Å². The average Bonchev–Trinajstić information content (AvgIpc) is 2.46. The molecular weight excluding hydrogens is 228 g/mol. The zero-order valence-corrected chi connectivity index (χ0v) is 10.5. The van der Waals surface area contributed by atoms with Gasteiger partial charge in [-0.05, 0) is 24.1 Å². The molecule has 4 nitrogen and oxygen atoms in total. The molecule has 0 spiro atoms. The first-order valence-electron chi connectivity index (χ1n) is 6.28. The van der Waals surface area contributed by atoms with E-state index in [1.54, 1.807) is 0 Å². The number of rotatable bonds is 3. The lowest BCUT2D eigenvalue weighted by atomic mass is 10.1. The molecule has 0 saturated carbocycles. The molecular formula is C14H18N2O2. The van der Waals surface area contributed by atoms with Gasteiger partial charge in [0.1, 0.15) is 0 Å². The Bertz CT molecular complexity index is 424. The summed E-state index contributed by atoms with van der Waals surface area (Å²) in [6, 6.07) is 10.0. The fourth-order valence-corrected chi connectivity index (χ4v) is 2.10. The molecule has 96 valence electrons. The summed E-state index contributed by atoms with van der Waals surface area (Å²) in [6.45, 7) is 3.94. The molecule has 0 radical (unpaired) electrons. The number of benzene rings is 1. The quantitative estimate of drug-likeness (QED) is 0.884. The molecule has 18 heavy (non-hydrogen) atoms. The molecule has 1 unspecified atom stereocenters. The van der Waals surface area contributed by atoms with Crippen LogP contribution in [0.5, 0.6) is 0 Å². The van der Waals surface area contributed by atoms with Crippen LogP contribution in [0.3, 0.4) is 0 Å². The molecule has 1 fully saturated rings. The van der Waals surface area contributed by atoms with Gasteiger partial charge in [-0.3, -0.25) is 0 Å². The molecule has 1 saturated heterocycles. The van der Waals surface area contributed by atoms with E-state index in [9.17, 15) is 5.11 Å².